The van der Waals surface area contributed by atoms with E-state index >= 15 is 0 Å². The summed E-state index contributed by atoms with van der Waals surface area (Å²) in [7, 11) is 0. The maximum atomic E-state index is 14.0. The summed E-state index contributed by atoms with van der Waals surface area (Å²) in [6.45, 7) is 2.16. The molecule has 0 saturated heterocycles. The summed E-state index contributed by atoms with van der Waals surface area (Å²) in [6, 6.07) is 4.74. The highest BCUT2D eigenvalue weighted by molar-refractivity contribution is 5.44. The first-order chi connectivity index (χ1) is 8.08. The van der Waals surface area contributed by atoms with E-state index < -0.39 is 0 Å². The number of nitrogens with two attached hydrogens (primary N) is 1. The standard InChI is InChI=1S/C14H20FNO/c1-14(7-3-2-4-10(14)9-17)12-8-11(16)5-6-13(12)15/h5-6,8,10,17H,2-4,7,9,16H2,1H3. The summed E-state index contributed by atoms with van der Waals surface area (Å²) < 4.78 is 14.0. The zero-order valence-electron chi connectivity index (χ0n) is 10.2. The zero-order chi connectivity index (χ0) is 12.5. The Morgan fingerprint density at radius 1 is 1.47 bits per heavy atom. The fourth-order valence-corrected chi connectivity index (χ4v) is 3.03. The number of hydrogen-bond acceptors (Lipinski definition) is 2. The van der Waals surface area contributed by atoms with Crippen LogP contribution in [0.5, 0.6) is 0 Å². The number of benzene rings is 1. The first-order valence-electron chi connectivity index (χ1n) is 6.24. The van der Waals surface area contributed by atoms with E-state index in [1.54, 1.807) is 12.1 Å². The van der Waals surface area contributed by atoms with Gasteiger partial charge < -0.3 is 10.8 Å². The van der Waals surface area contributed by atoms with E-state index in [0.29, 0.717) is 11.3 Å². The molecule has 1 aromatic carbocycles. The summed E-state index contributed by atoms with van der Waals surface area (Å²) in [5.41, 5.74) is 6.72. The van der Waals surface area contributed by atoms with Crippen molar-refractivity contribution in [3.05, 3.63) is 29.6 Å². The zero-order valence-corrected chi connectivity index (χ0v) is 10.2. The average Bonchev–Trinajstić information content (AvgIpc) is 2.33. The summed E-state index contributed by atoms with van der Waals surface area (Å²) in [5, 5.41) is 9.49. The van der Waals surface area contributed by atoms with Crippen molar-refractivity contribution in [2.75, 3.05) is 12.3 Å². The number of halogens is 1. The van der Waals surface area contributed by atoms with Crippen molar-refractivity contribution in [3.63, 3.8) is 0 Å². The number of nitrogen functional groups attached to an aromatic ring is 1. The Morgan fingerprint density at radius 3 is 2.94 bits per heavy atom. The van der Waals surface area contributed by atoms with E-state index in [4.69, 9.17) is 5.73 Å². The molecule has 0 heterocycles. The van der Waals surface area contributed by atoms with Crippen LogP contribution in [-0.2, 0) is 5.41 Å². The summed E-state index contributed by atoms with van der Waals surface area (Å²) in [6.07, 6.45) is 4.08. The minimum absolute atomic E-state index is 0.116. The van der Waals surface area contributed by atoms with Gasteiger partial charge in [0.2, 0.25) is 0 Å². The van der Waals surface area contributed by atoms with E-state index in [9.17, 15) is 9.50 Å². The maximum absolute atomic E-state index is 14.0. The average molecular weight is 237 g/mol. The SMILES string of the molecule is CC1(c2cc(N)ccc2F)CCCCC1CO. The van der Waals surface area contributed by atoms with Crippen molar-refractivity contribution >= 4 is 5.69 Å². The quantitative estimate of drug-likeness (QED) is 0.777. The van der Waals surface area contributed by atoms with Crippen LogP contribution >= 0.6 is 0 Å². The molecule has 1 fully saturated rings. The lowest BCUT2D eigenvalue weighted by molar-refractivity contribution is 0.113. The van der Waals surface area contributed by atoms with Gasteiger partial charge >= 0.3 is 0 Å². The Kier molecular flexibility index (Phi) is 3.38. The molecule has 2 rings (SSSR count). The van der Waals surface area contributed by atoms with Crippen LogP contribution in [0, 0.1) is 11.7 Å². The highest BCUT2D eigenvalue weighted by atomic mass is 19.1. The number of hydrogen-bond donors (Lipinski definition) is 2. The van der Waals surface area contributed by atoms with Crippen LogP contribution in [0.25, 0.3) is 0 Å². The molecule has 1 aliphatic carbocycles. The van der Waals surface area contributed by atoms with Crippen LogP contribution in [0.3, 0.4) is 0 Å². The van der Waals surface area contributed by atoms with Gasteiger partial charge in [0, 0.05) is 17.7 Å². The maximum Gasteiger partial charge on any atom is 0.127 e. The molecular weight excluding hydrogens is 217 g/mol. The third-order valence-electron chi connectivity index (χ3n) is 4.23. The molecule has 2 nitrogen and oxygen atoms in total. The molecule has 2 unspecified atom stereocenters. The van der Waals surface area contributed by atoms with Gasteiger partial charge in [-0.05, 0) is 42.5 Å². The van der Waals surface area contributed by atoms with Gasteiger partial charge in [-0.15, -0.1) is 0 Å². The van der Waals surface area contributed by atoms with Gasteiger partial charge in [0.15, 0.2) is 0 Å². The van der Waals surface area contributed by atoms with Crippen molar-refractivity contribution in [1.29, 1.82) is 0 Å². The van der Waals surface area contributed by atoms with E-state index in [-0.39, 0.29) is 23.8 Å². The lowest BCUT2D eigenvalue weighted by Crippen LogP contribution is -2.38. The molecule has 1 aromatic rings. The minimum Gasteiger partial charge on any atom is -0.399 e. The predicted octanol–water partition coefficient (Wildman–Crippen LogP) is 2.85. The molecule has 94 valence electrons. The largest absolute Gasteiger partial charge is 0.399 e. The highest BCUT2D eigenvalue weighted by Crippen LogP contribution is 2.44. The van der Waals surface area contributed by atoms with Crippen LogP contribution in [0.2, 0.25) is 0 Å². The smallest absolute Gasteiger partial charge is 0.127 e. The summed E-state index contributed by atoms with van der Waals surface area (Å²) in [5.74, 6) is -0.0744. The van der Waals surface area contributed by atoms with Crippen LogP contribution in [0.15, 0.2) is 18.2 Å². The number of aliphatic hydroxyl groups excluding tert-OH is 1. The second-order valence-electron chi connectivity index (χ2n) is 5.28. The van der Waals surface area contributed by atoms with Gasteiger partial charge in [0.05, 0.1) is 0 Å². The van der Waals surface area contributed by atoms with Crippen LogP contribution in [-0.4, -0.2) is 11.7 Å². The van der Waals surface area contributed by atoms with E-state index in [0.717, 1.165) is 25.7 Å². The van der Waals surface area contributed by atoms with Crippen molar-refractivity contribution in [2.45, 2.75) is 38.0 Å². The first kappa shape index (κ1) is 12.4. The molecule has 3 N–H and O–H groups in total. The number of rotatable bonds is 2. The molecule has 0 bridgehead atoms. The highest BCUT2D eigenvalue weighted by Gasteiger charge is 2.39. The van der Waals surface area contributed by atoms with Crippen LogP contribution < -0.4 is 5.73 Å². The van der Waals surface area contributed by atoms with Crippen molar-refractivity contribution < 1.29 is 9.50 Å². The monoisotopic (exact) mass is 237 g/mol. The van der Waals surface area contributed by atoms with Gasteiger partial charge in [0.25, 0.3) is 0 Å². The second-order valence-corrected chi connectivity index (χ2v) is 5.28. The lowest BCUT2D eigenvalue weighted by Gasteiger charge is -2.41. The van der Waals surface area contributed by atoms with Gasteiger partial charge in [-0.1, -0.05) is 19.8 Å². The summed E-state index contributed by atoms with van der Waals surface area (Å²) >= 11 is 0. The van der Waals surface area contributed by atoms with Crippen molar-refractivity contribution in [1.82, 2.24) is 0 Å². The van der Waals surface area contributed by atoms with Crippen molar-refractivity contribution in [3.8, 4) is 0 Å². The van der Waals surface area contributed by atoms with Gasteiger partial charge in [0.1, 0.15) is 5.82 Å². The first-order valence-corrected chi connectivity index (χ1v) is 6.24. The Labute approximate surface area is 102 Å². The molecule has 0 spiro atoms. The molecule has 0 radical (unpaired) electrons. The molecule has 3 heteroatoms. The molecule has 1 saturated carbocycles. The number of anilines is 1. The Bertz CT molecular complexity index is 407. The second kappa shape index (κ2) is 4.65. The third kappa shape index (κ3) is 2.16. The van der Waals surface area contributed by atoms with Gasteiger partial charge in [-0.2, -0.15) is 0 Å². The van der Waals surface area contributed by atoms with Crippen LogP contribution in [0.1, 0.15) is 38.2 Å². The molecule has 0 aliphatic heterocycles. The van der Waals surface area contributed by atoms with Gasteiger partial charge in [-0.3, -0.25) is 0 Å². The predicted molar refractivity (Wildman–Crippen MR) is 67.2 cm³/mol. The Balaban J connectivity index is 2.44. The van der Waals surface area contributed by atoms with Gasteiger partial charge in [-0.25, -0.2) is 4.39 Å². The van der Waals surface area contributed by atoms with Crippen molar-refractivity contribution in [2.24, 2.45) is 5.92 Å². The number of aliphatic hydroxyl groups is 1. The Hall–Kier alpha value is -1.09. The Morgan fingerprint density at radius 2 is 2.24 bits per heavy atom. The minimum atomic E-state index is -0.285. The summed E-state index contributed by atoms with van der Waals surface area (Å²) in [4.78, 5) is 0. The molecule has 17 heavy (non-hydrogen) atoms. The fraction of sp³-hybridized carbons (Fsp3) is 0.571. The van der Waals surface area contributed by atoms with E-state index in [1.807, 2.05) is 6.92 Å². The third-order valence-corrected chi connectivity index (χ3v) is 4.23. The fourth-order valence-electron chi connectivity index (χ4n) is 3.03. The van der Waals surface area contributed by atoms with E-state index in [2.05, 4.69) is 0 Å². The molecule has 1 aliphatic rings. The molecule has 0 amide bonds. The molecule has 2 atom stereocenters. The molecule has 0 aromatic heterocycles. The topological polar surface area (TPSA) is 46.2 Å². The normalized spacial score (nSPS) is 29.2. The van der Waals surface area contributed by atoms with E-state index in [1.165, 1.54) is 6.07 Å². The molecular formula is C14H20FNO. The lowest BCUT2D eigenvalue weighted by atomic mass is 9.64. The van der Waals surface area contributed by atoms with Crippen LogP contribution in [0.4, 0.5) is 10.1 Å².